The van der Waals surface area contributed by atoms with Gasteiger partial charge in [-0.3, -0.25) is 4.68 Å². The van der Waals surface area contributed by atoms with Crippen molar-refractivity contribution in [1.82, 2.24) is 15.1 Å². The quantitative estimate of drug-likeness (QED) is 0.746. The highest BCUT2D eigenvalue weighted by Crippen LogP contribution is 2.35. The van der Waals surface area contributed by atoms with Gasteiger partial charge in [0.25, 0.3) is 0 Å². The molecule has 0 spiro atoms. The highest BCUT2D eigenvalue weighted by Gasteiger charge is 2.24. The first-order valence-electron chi connectivity index (χ1n) is 7.18. The molecule has 1 heterocycles. The minimum atomic E-state index is 0.101. The molecule has 0 bridgehead atoms. The lowest BCUT2D eigenvalue weighted by Gasteiger charge is -2.24. The molecule has 0 saturated carbocycles. The van der Waals surface area contributed by atoms with Gasteiger partial charge in [0.1, 0.15) is 0 Å². The van der Waals surface area contributed by atoms with E-state index in [1.807, 2.05) is 6.20 Å². The van der Waals surface area contributed by atoms with E-state index < -0.39 is 0 Å². The molecule has 0 aliphatic carbocycles. The monoisotopic (exact) mass is 413 g/mol. The lowest BCUT2D eigenvalue weighted by molar-refractivity contribution is 0.474. The zero-order valence-electron chi connectivity index (χ0n) is 12.8. The maximum absolute atomic E-state index is 4.51. The van der Waals surface area contributed by atoms with E-state index in [1.54, 1.807) is 0 Å². The van der Waals surface area contributed by atoms with Crippen LogP contribution in [0.2, 0.25) is 0 Å². The van der Waals surface area contributed by atoms with Gasteiger partial charge in [-0.25, -0.2) is 0 Å². The first-order valence-corrected chi connectivity index (χ1v) is 8.77. The molecule has 1 aromatic heterocycles. The summed E-state index contributed by atoms with van der Waals surface area (Å²) in [4.78, 5) is 0. The number of halogens is 2. The Kier molecular flexibility index (Phi) is 5.63. The summed E-state index contributed by atoms with van der Waals surface area (Å²) in [6.45, 7) is 9.43. The predicted molar refractivity (Wildman–Crippen MR) is 94.7 cm³/mol. The number of nitrogens with zero attached hydrogens (tertiary/aromatic N) is 2. The highest BCUT2D eigenvalue weighted by atomic mass is 79.9. The van der Waals surface area contributed by atoms with Gasteiger partial charge in [0, 0.05) is 10.5 Å². The molecule has 1 aromatic carbocycles. The minimum absolute atomic E-state index is 0.101. The minimum Gasteiger partial charge on any atom is -0.305 e. The van der Waals surface area contributed by atoms with Gasteiger partial charge in [0.15, 0.2) is 0 Å². The number of hydrogen-bond donors (Lipinski definition) is 1. The van der Waals surface area contributed by atoms with Crippen molar-refractivity contribution in [2.45, 2.75) is 39.8 Å². The van der Waals surface area contributed by atoms with Crippen molar-refractivity contribution in [3.05, 3.63) is 50.2 Å². The summed E-state index contributed by atoms with van der Waals surface area (Å²) >= 11 is 7.40. The average molecular weight is 415 g/mol. The molecule has 2 rings (SSSR count). The molecule has 0 radical (unpaired) electrons. The van der Waals surface area contributed by atoms with Gasteiger partial charge in [-0.1, -0.05) is 41.1 Å². The van der Waals surface area contributed by atoms with Crippen molar-refractivity contribution in [2.75, 3.05) is 6.54 Å². The van der Waals surface area contributed by atoms with Crippen molar-refractivity contribution in [2.24, 2.45) is 0 Å². The molecule has 114 valence electrons. The lowest BCUT2D eigenvalue weighted by atomic mass is 10.0. The lowest BCUT2D eigenvalue weighted by Crippen LogP contribution is -2.26. The van der Waals surface area contributed by atoms with E-state index in [9.17, 15) is 0 Å². The Bertz CT molecular complexity index is 620. The Balaban J connectivity index is 2.59. The van der Waals surface area contributed by atoms with Crippen LogP contribution in [0.4, 0.5) is 0 Å². The van der Waals surface area contributed by atoms with Crippen LogP contribution in [-0.4, -0.2) is 16.3 Å². The van der Waals surface area contributed by atoms with Gasteiger partial charge in [0.05, 0.1) is 22.4 Å². The molecule has 0 saturated heterocycles. The number of rotatable bonds is 5. The highest BCUT2D eigenvalue weighted by molar-refractivity contribution is 9.10. The van der Waals surface area contributed by atoms with Crippen molar-refractivity contribution in [3.63, 3.8) is 0 Å². The van der Waals surface area contributed by atoms with E-state index in [-0.39, 0.29) is 6.04 Å². The topological polar surface area (TPSA) is 29.9 Å². The fourth-order valence-electron chi connectivity index (χ4n) is 2.48. The number of nitrogens with one attached hydrogen (secondary N) is 1. The zero-order chi connectivity index (χ0) is 15.6. The third-order valence-electron chi connectivity index (χ3n) is 3.49. The molecule has 1 N–H and O–H groups in total. The van der Waals surface area contributed by atoms with Crippen molar-refractivity contribution in [3.8, 4) is 0 Å². The van der Waals surface area contributed by atoms with E-state index in [4.69, 9.17) is 0 Å². The maximum atomic E-state index is 4.51. The summed E-state index contributed by atoms with van der Waals surface area (Å²) in [5, 5.41) is 8.10. The Hall–Kier alpha value is -0.650. The van der Waals surface area contributed by atoms with Crippen molar-refractivity contribution < 1.29 is 0 Å². The van der Waals surface area contributed by atoms with E-state index in [1.165, 1.54) is 11.1 Å². The first kappa shape index (κ1) is 16.7. The van der Waals surface area contributed by atoms with E-state index in [0.29, 0.717) is 6.04 Å². The summed E-state index contributed by atoms with van der Waals surface area (Å²) in [7, 11) is 0. The van der Waals surface area contributed by atoms with E-state index in [2.05, 4.69) is 92.9 Å². The molecule has 1 unspecified atom stereocenters. The summed E-state index contributed by atoms with van der Waals surface area (Å²) in [6, 6.07) is 6.79. The van der Waals surface area contributed by atoms with Gasteiger partial charge in [-0.05, 0) is 54.4 Å². The number of hydrogen-bond acceptors (Lipinski definition) is 2. The summed E-state index contributed by atoms with van der Waals surface area (Å²) in [5.41, 5.74) is 3.64. The molecule has 5 heteroatoms. The van der Waals surface area contributed by atoms with Gasteiger partial charge in [-0.15, -0.1) is 0 Å². The summed E-state index contributed by atoms with van der Waals surface area (Å²) < 4.78 is 4.27. The largest absolute Gasteiger partial charge is 0.305 e. The van der Waals surface area contributed by atoms with Crippen LogP contribution in [0, 0.1) is 6.92 Å². The third-order valence-corrected chi connectivity index (χ3v) is 5.18. The molecular formula is C16H21Br2N3. The van der Waals surface area contributed by atoms with Gasteiger partial charge in [-0.2, -0.15) is 5.10 Å². The number of aromatic nitrogens is 2. The van der Waals surface area contributed by atoms with Crippen molar-refractivity contribution in [1.29, 1.82) is 0 Å². The second kappa shape index (κ2) is 7.07. The molecule has 0 aliphatic heterocycles. The third kappa shape index (κ3) is 3.41. The Morgan fingerprint density at radius 2 is 2.00 bits per heavy atom. The van der Waals surface area contributed by atoms with Crippen LogP contribution in [0.5, 0.6) is 0 Å². The maximum Gasteiger partial charge on any atom is 0.0770 e. The normalized spacial score (nSPS) is 12.9. The number of aryl methyl sites for hydroxylation is 1. The molecule has 3 nitrogen and oxygen atoms in total. The Labute approximate surface area is 143 Å². The van der Waals surface area contributed by atoms with Crippen LogP contribution < -0.4 is 5.32 Å². The smallest absolute Gasteiger partial charge is 0.0770 e. The molecule has 1 atom stereocenters. The van der Waals surface area contributed by atoms with Gasteiger partial charge >= 0.3 is 0 Å². The van der Waals surface area contributed by atoms with Crippen LogP contribution in [0.3, 0.4) is 0 Å². The second-order valence-corrected chi connectivity index (χ2v) is 7.03. The van der Waals surface area contributed by atoms with Gasteiger partial charge < -0.3 is 5.32 Å². The molecule has 21 heavy (non-hydrogen) atoms. The van der Waals surface area contributed by atoms with Gasteiger partial charge in [0.2, 0.25) is 0 Å². The van der Waals surface area contributed by atoms with E-state index in [0.717, 1.165) is 21.2 Å². The molecule has 0 fully saturated rings. The fourth-order valence-corrected chi connectivity index (χ4v) is 3.48. The SMILES string of the molecule is CCNC(c1cccc(C)c1Br)c1c(Br)cnn1C(C)C. The van der Waals surface area contributed by atoms with Crippen LogP contribution in [0.15, 0.2) is 33.3 Å². The summed E-state index contributed by atoms with van der Waals surface area (Å²) in [6.07, 6.45) is 1.88. The molecule has 0 aliphatic rings. The van der Waals surface area contributed by atoms with E-state index >= 15 is 0 Å². The Morgan fingerprint density at radius 1 is 1.29 bits per heavy atom. The van der Waals surface area contributed by atoms with Crippen LogP contribution in [0.25, 0.3) is 0 Å². The van der Waals surface area contributed by atoms with Crippen molar-refractivity contribution >= 4 is 31.9 Å². The molecule has 2 aromatic rings. The van der Waals surface area contributed by atoms with Crippen LogP contribution >= 0.6 is 31.9 Å². The Morgan fingerprint density at radius 3 is 2.62 bits per heavy atom. The van der Waals surface area contributed by atoms with Crippen LogP contribution in [0.1, 0.15) is 49.7 Å². The van der Waals surface area contributed by atoms with Crippen LogP contribution in [-0.2, 0) is 0 Å². The first-order chi connectivity index (χ1) is 9.97. The standard InChI is InChI=1S/C16H21Br2N3/c1-5-19-15(12-8-6-7-11(4)14(12)18)16-13(17)9-20-21(16)10(2)3/h6-10,15,19H,5H2,1-4H3. The fraction of sp³-hybridized carbons (Fsp3) is 0.438. The summed E-state index contributed by atoms with van der Waals surface area (Å²) in [5.74, 6) is 0. The second-order valence-electron chi connectivity index (χ2n) is 5.38. The zero-order valence-corrected chi connectivity index (χ0v) is 16.0. The predicted octanol–water partition coefficient (Wildman–Crippen LogP) is 5.00. The molecular weight excluding hydrogens is 394 g/mol. The number of benzene rings is 1. The molecule has 0 amide bonds. The average Bonchev–Trinajstić information content (AvgIpc) is 2.82.